The van der Waals surface area contributed by atoms with Gasteiger partial charge in [-0.1, -0.05) is 12.1 Å². The number of hydrogen-bond acceptors (Lipinski definition) is 5. The van der Waals surface area contributed by atoms with Crippen LogP contribution >= 0.6 is 0 Å². The predicted octanol–water partition coefficient (Wildman–Crippen LogP) is 1.87. The average Bonchev–Trinajstić information content (AvgIpc) is 2.54. The quantitative estimate of drug-likeness (QED) is 0.576. The van der Waals surface area contributed by atoms with E-state index in [2.05, 4.69) is 15.7 Å². The molecule has 4 N–H and O–H groups in total. The second-order valence-corrected chi connectivity index (χ2v) is 4.54. The van der Waals surface area contributed by atoms with Crippen molar-refractivity contribution >= 4 is 11.7 Å². The highest BCUT2D eigenvalue weighted by molar-refractivity contribution is 5.95. The lowest BCUT2D eigenvalue weighted by Crippen LogP contribution is -2.26. The number of ether oxygens (including phenoxy) is 1. The maximum absolute atomic E-state index is 12.2. The molecule has 2 aromatic rings. The van der Waals surface area contributed by atoms with E-state index in [1.54, 1.807) is 19.2 Å². The molecule has 1 heterocycles. The Hall–Kier alpha value is -2.60. The third kappa shape index (κ3) is 3.70. The molecule has 1 aromatic heterocycles. The van der Waals surface area contributed by atoms with Crippen molar-refractivity contribution in [2.45, 2.75) is 13.0 Å². The summed E-state index contributed by atoms with van der Waals surface area (Å²) in [6.45, 7) is 1.92. The molecule has 6 heteroatoms. The lowest BCUT2D eigenvalue weighted by molar-refractivity contribution is 0.0940. The number of nitrogens with one attached hydrogen (secondary N) is 2. The summed E-state index contributed by atoms with van der Waals surface area (Å²) in [7, 11) is 1.62. The van der Waals surface area contributed by atoms with Gasteiger partial charge in [-0.15, -0.1) is 0 Å². The van der Waals surface area contributed by atoms with Crippen molar-refractivity contribution in [2.24, 2.45) is 5.84 Å². The first-order chi connectivity index (χ1) is 10.1. The Morgan fingerprint density at radius 2 is 2.00 bits per heavy atom. The Bertz CT molecular complexity index is 613. The summed E-state index contributed by atoms with van der Waals surface area (Å²) in [4.78, 5) is 16.2. The fourth-order valence-electron chi connectivity index (χ4n) is 1.91. The molecule has 1 unspecified atom stereocenters. The first kappa shape index (κ1) is 14.8. The number of benzene rings is 1. The molecule has 0 saturated heterocycles. The number of aromatic nitrogens is 1. The van der Waals surface area contributed by atoms with Gasteiger partial charge in [0.2, 0.25) is 0 Å². The molecule has 0 saturated carbocycles. The number of anilines is 1. The van der Waals surface area contributed by atoms with Gasteiger partial charge in [0.1, 0.15) is 11.6 Å². The minimum absolute atomic E-state index is 0.120. The third-order valence-electron chi connectivity index (χ3n) is 3.13. The van der Waals surface area contributed by atoms with Crippen molar-refractivity contribution in [1.29, 1.82) is 0 Å². The van der Waals surface area contributed by atoms with Crippen molar-refractivity contribution in [1.82, 2.24) is 10.3 Å². The van der Waals surface area contributed by atoms with Crippen LogP contribution in [0.3, 0.4) is 0 Å². The molecule has 0 radical (unpaired) electrons. The van der Waals surface area contributed by atoms with Crippen LogP contribution in [0.2, 0.25) is 0 Å². The Morgan fingerprint density at radius 3 is 2.62 bits per heavy atom. The molecule has 1 aromatic carbocycles. The number of pyridine rings is 1. The van der Waals surface area contributed by atoms with Crippen LogP contribution in [0, 0.1) is 0 Å². The number of rotatable bonds is 5. The van der Waals surface area contributed by atoms with Gasteiger partial charge < -0.3 is 15.5 Å². The molecule has 0 spiro atoms. The van der Waals surface area contributed by atoms with Gasteiger partial charge >= 0.3 is 0 Å². The number of nitrogen functional groups attached to an aromatic ring is 1. The van der Waals surface area contributed by atoms with Crippen LogP contribution in [0.15, 0.2) is 42.6 Å². The van der Waals surface area contributed by atoms with Gasteiger partial charge in [0.05, 0.1) is 13.2 Å². The van der Waals surface area contributed by atoms with Crippen molar-refractivity contribution in [3.63, 3.8) is 0 Å². The molecule has 0 bridgehead atoms. The number of nitrogens with two attached hydrogens (primary N) is 1. The number of amides is 1. The van der Waals surface area contributed by atoms with Gasteiger partial charge in [0.25, 0.3) is 5.91 Å². The number of carbonyl (C=O) groups excluding carboxylic acids is 1. The molecule has 0 aliphatic heterocycles. The molecular weight excluding hydrogens is 268 g/mol. The maximum Gasteiger partial charge on any atom is 0.251 e. The smallest absolute Gasteiger partial charge is 0.251 e. The van der Waals surface area contributed by atoms with E-state index in [1.807, 2.05) is 31.2 Å². The number of hydrazine groups is 1. The molecule has 21 heavy (non-hydrogen) atoms. The van der Waals surface area contributed by atoms with Crippen LogP contribution in [-0.4, -0.2) is 18.0 Å². The lowest BCUT2D eigenvalue weighted by atomic mass is 10.1. The summed E-state index contributed by atoms with van der Waals surface area (Å²) in [6, 6.07) is 10.7. The highest BCUT2D eigenvalue weighted by atomic mass is 16.5. The number of hydrogen-bond donors (Lipinski definition) is 3. The summed E-state index contributed by atoms with van der Waals surface area (Å²) in [5, 5.41) is 2.93. The number of carbonyl (C=O) groups is 1. The Labute approximate surface area is 123 Å². The first-order valence-electron chi connectivity index (χ1n) is 6.51. The molecule has 1 atom stereocenters. The zero-order valence-corrected chi connectivity index (χ0v) is 12.0. The summed E-state index contributed by atoms with van der Waals surface area (Å²) in [5.41, 5.74) is 3.91. The molecule has 0 fully saturated rings. The summed E-state index contributed by atoms with van der Waals surface area (Å²) in [6.07, 6.45) is 1.53. The van der Waals surface area contributed by atoms with Crippen LogP contribution < -0.4 is 21.3 Å². The Kier molecular flexibility index (Phi) is 4.73. The van der Waals surface area contributed by atoms with Crippen LogP contribution in [0.4, 0.5) is 5.82 Å². The Balaban J connectivity index is 2.06. The fourth-order valence-corrected chi connectivity index (χ4v) is 1.91. The van der Waals surface area contributed by atoms with Crippen molar-refractivity contribution < 1.29 is 9.53 Å². The second kappa shape index (κ2) is 6.71. The van der Waals surface area contributed by atoms with E-state index in [4.69, 9.17) is 10.6 Å². The van der Waals surface area contributed by atoms with Gasteiger partial charge in [-0.3, -0.25) is 4.79 Å². The lowest BCUT2D eigenvalue weighted by Gasteiger charge is -2.15. The maximum atomic E-state index is 12.2. The van der Waals surface area contributed by atoms with E-state index in [0.29, 0.717) is 11.4 Å². The highest BCUT2D eigenvalue weighted by Gasteiger charge is 2.12. The summed E-state index contributed by atoms with van der Waals surface area (Å²) < 4.78 is 5.11. The van der Waals surface area contributed by atoms with Gasteiger partial charge in [-0.2, -0.15) is 0 Å². The van der Waals surface area contributed by atoms with E-state index < -0.39 is 0 Å². The monoisotopic (exact) mass is 286 g/mol. The minimum Gasteiger partial charge on any atom is -0.497 e. The normalized spacial score (nSPS) is 11.6. The third-order valence-corrected chi connectivity index (χ3v) is 3.13. The molecule has 2 rings (SSSR count). The first-order valence-corrected chi connectivity index (χ1v) is 6.51. The van der Waals surface area contributed by atoms with E-state index in [0.717, 1.165) is 11.3 Å². The minimum atomic E-state index is -0.183. The van der Waals surface area contributed by atoms with E-state index >= 15 is 0 Å². The standard InChI is InChI=1S/C15H18N4O2/c1-10(11-3-5-13(21-2)6-4-11)18-15(20)12-7-8-17-14(9-12)19-16/h3-10H,16H2,1-2H3,(H,17,19)(H,18,20). The molecule has 110 valence electrons. The van der Waals surface area contributed by atoms with Crippen LogP contribution in [0.5, 0.6) is 5.75 Å². The molecular formula is C15H18N4O2. The SMILES string of the molecule is COc1ccc(C(C)NC(=O)c2ccnc(NN)c2)cc1. The zero-order valence-electron chi connectivity index (χ0n) is 12.0. The Morgan fingerprint density at radius 1 is 1.29 bits per heavy atom. The van der Waals surface area contributed by atoms with Crippen LogP contribution in [-0.2, 0) is 0 Å². The van der Waals surface area contributed by atoms with E-state index in [1.165, 1.54) is 6.20 Å². The van der Waals surface area contributed by atoms with E-state index in [-0.39, 0.29) is 11.9 Å². The summed E-state index contributed by atoms with van der Waals surface area (Å²) >= 11 is 0. The van der Waals surface area contributed by atoms with E-state index in [9.17, 15) is 4.79 Å². The topological polar surface area (TPSA) is 89.3 Å². The highest BCUT2D eigenvalue weighted by Crippen LogP contribution is 2.18. The van der Waals surface area contributed by atoms with Crippen LogP contribution in [0.25, 0.3) is 0 Å². The van der Waals surface area contributed by atoms with Crippen molar-refractivity contribution in [2.75, 3.05) is 12.5 Å². The molecule has 6 nitrogen and oxygen atoms in total. The number of methoxy groups -OCH3 is 1. The fraction of sp³-hybridized carbons (Fsp3) is 0.200. The van der Waals surface area contributed by atoms with Crippen molar-refractivity contribution in [3.8, 4) is 5.75 Å². The summed E-state index contributed by atoms with van der Waals surface area (Å²) in [5.74, 6) is 6.33. The zero-order chi connectivity index (χ0) is 15.2. The average molecular weight is 286 g/mol. The van der Waals surface area contributed by atoms with Gasteiger partial charge in [-0.25, -0.2) is 10.8 Å². The van der Waals surface area contributed by atoms with Gasteiger partial charge in [-0.05, 0) is 36.8 Å². The molecule has 0 aliphatic carbocycles. The molecule has 1 amide bonds. The van der Waals surface area contributed by atoms with Crippen molar-refractivity contribution in [3.05, 3.63) is 53.7 Å². The second-order valence-electron chi connectivity index (χ2n) is 4.54. The number of nitrogens with zero attached hydrogens (tertiary/aromatic N) is 1. The van der Waals surface area contributed by atoms with Gasteiger partial charge in [0.15, 0.2) is 0 Å². The van der Waals surface area contributed by atoms with Crippen LogP contribution in [0.1, 0.15) is 28.9 Å². The van der Waals surface area contributed by atoms with Gasteiger partial charge in [0, 0.05) is 11.8 Å². The predicted molar refractivity (Wildman–Crippen MR) is 80.9 cm³/mol. The largest absolute Gasteiger partial charge is 0.497 e. The molecule has 0 aliphatic rings.